The quantitative estimate of drug-likeness (QED) is 0.846. The fraction of sp³-hybridized carbons (Fsp3) is 0.308. The van der Waals surface area contributed by atoms with Gasteiger partial charge in [0.25, 0.3) is 0 Å². The summed E-state index contributed by atoms with van der Waals surface area (Å²) in [5.41, 5.74) is -0.500. The Morgan fingerprint density at radius 1 is 1.29 bits per heavy atom. The van der Waals surface area contributed by atoms with E-state index in [0.29, 0.717) is 17.2 Å². The molecule has 90 valence electrons. The molecule has 1 heterocycles. The van der Waals surface area contributed by atoms with Gasteiger partial charge in [0.1, 0.15) is 11.9 Å². The third-order valence-electron chi connectivity index (χ3n) is 2.76. The van der Waals surface area contributed by atoms with Crippen LogP contribution in [0.4, 0.5) is 0 Å². The molecule has 2 aromatic rings. The van der Waals surface area contributed by atoms with Gasteiger partial charge in [0.2, 0.25) is 0 Å². The molecule has 1 aromatic heterocycles. The summed E-state index contributed by atoms with van der Waals surface area (Å²) in [6.45, 7) is 1.74. The Morgan fingerprint density at radius 2 is 2.00 bits per heavy atom. The topological polar surface area (TPSA) is 70.7 Å². The van der Waals surface area contributed by atoms with Crippen LogP contribution in [0.1, 0.15) is 25.2 Å². The Morgan fingerprint density at radius 3 is 2.71 bits per heavy atom. The lowest BCUT2D eigenvalue weighted by atomic mass is 10.1. The summed E-state index contributed by atoms with van der Waals surface area (Å²) >= 11 is 0. The van der Waals surface area contributed by atoms with Crippen LogP contribution in [0.5, 0.6) is 0 Å². The zero-order chi connectivity index (χ0) is 12.4. The SMILES string of the molecule is CC[C@@H](O)[C@H](O)c1cc2ccccc2c(=O)o1. The number of fused-ring (bicyclic) bond motifs is 1. The normalized spacial score (nSPS) is 14.8. The Kier molecular flexibility index (Phi) is 3.26. The summed E-state index contributed by atoms with van der Waals surface area (Å²) in [6.07, 6.45) is -1.71. The maximum Gasteiger partial charge on any atom is 0.343 e. The van der Waals surface area contributed by atoms with Crippen molar-refractivity contribution in [3.63, 3.8) is 0 Å². The molecule has 2 atom stereocenters. The standard InChI is InChI=1S/C13H14O4/c1-2-10(14)12(15)11-7-8-5-3-4-6-9(8)13(16)17-11/h3-7,10,12,14-15H,2H2,1H3/t10-,12+/m1/s1. The molecule has 4 heteroatoms. The van der Waals surface area contributed by atoms with Gasteiger partial charge in [0.05, 0.1) is 11.5 Å². The van der Waals surface area contributed by atoms with Gasteiger partial charge in [0.15, 0.2) is 0 Å². The molecule has 4 nitrogen and oxygen atoms in total. The van der Waals surface area contributed by atoms with Gasteiger partial charge in [-0.2, -0.15) is 0 Å². The zero-order valence-electron chi connectivity index (χ0n) is 9.46. The van der Waals surface area contributed by atoms with E-state index in [1.807, 2.05) is 0 Å². The van der Waals surface area contributed by atoms with E-state index in [1.54, 1.807) is 37.3 Å². The number of aliphatic hydroxyl groups excluding tert-OH is 2. The van der Waals surface area contributed by atoms with Crippen molar-refractivity contribution in [1.29, 1.82) is 0 Å². The van der Waals surface area contributed by atoms with Gasteiger partial charge < -0.3 is 14.6 Å². The highest BCUT2D eigenvalue weighted by molar-refractivity contribution is 5.81. The average molecular weight is 234 g/mol. The van der Waals surface area contributed by atoms with E-state index in [4.69, 9.17) is 4.42 Å². The molecule has 0 unspecified atom stereocenters. The van der Waals surface area contributed by atoms with Crippen molar-refractivity contribution in [2.45, 2.75) is 25.6 Å². The molecule has 0 radical (unpaired) electrons. The molecule has 0 aliphatic heterocycles. The van der Waals surface area contributed by atoms with Gasteiger partial charge in [0, 0.05) is 0 Å². The van der Waals surface area contributed by atoms with Crippen molar-refractivity contribution in [1.82, 2.24) is 0 Å². The van der Waals surface area contributed by atoms with Crippen molar-refractivity contribution in [2.24, 2.45) is 0 Å². The van der Waals surface area contributed by atoms with E-state index in [9.17, 15) is 15.0 Å². The summed E-state index contributed by atoms with van der Waals surface area (Å²) < 4.78 is 5.01. The minimum Gasteiger partial charge on any atom is -0.425 e. The Balaban J connectivity index is 2.54. The molecule has 0 aliphatic carbocycles. The van der Waals surface area contributed by atoms with Crippen molar-refractivity contribution in [3.05, 3.63) is 46.5 Å². The van der Waals surface area contributed by atoms with Crippen molar-refractivity contribution in [3.8, 4) is 0 Å². The summed E-state index contributed by atoms with van der Waals surface area (Å²) in [7, 11) is 0. The molecule has 1 aromatic carbocycles. The maximum absolute atomic E-state index is 11.7. The number of benzene rings is 1. The molecule has 17 heavy (non-hydrogen) atoms. The van der Waals surface area contributed by atoms with Crippen LogP contribution in [0.15, 0.2) is 39.5 Å². The van der Waals surface area contributed by atoms with Crippen LogP contribution in [0.25, 0.3) is 10.8 Å². The minimum atomic E-state index is -1.17. The first-order valence-electron chi connectivity index (χ1n) is 5.52. The number of rotatable bonds is 3. The van der Waals surface area contributed by atoms with Gasteiger partial charge in [-0.05, 0) is 23.9 Å². The van der Waals surface area contributed by atoms with Crippen molar-refractivity contribution < 1.29 is 14.6 Å². The van der Waals surface area contributed by atoms with Gasteiger partial charge >= 0.3 is 5.63 Å². The van der Waals surface area contributed by atoms with Gasteiger partial charge in [-0.3, -0.25) is 0 Å². The molecule has 0 saturated carbocycles. The van der Waals surface area contributed by atoms with Crippen molar-refractivity contribution in [2.75, 3.05) is 0 Å². The lowest BCUT2D eigenvalue weighted by Crippen LogP contribution is -2.18. The Bertz CT molecular complexity index is 573. The Hall–Kier alpha value is -1.65. The number of hydrogen-bond acceptors (Lipinski definition) is 4. The van der Waals surface area contributed by atoms with Gasteiger partial charge in [-0.25, -0.2) is 4.79 Å². The highest BCUT2D eigenvalue weighted by atomic mass is 16.4. The highest BCUT2D eigenvalue weighted by Crippen LogP contribution is 2.21. The van der Waals surface area contributed by atoms with E-state index in [-0.39, 0.29) is 5.76 Å². The predicted molar refractivity (Wildman–Crippen MR) is 63.7 cm³/mol. The van der Waals surface area contributed by atoms with Crippen molar-refractivity contribution >= 4 is 10.8 Å². The molecule has 0 bridgehead atoms. The molecule has 0 fully saturated rings. The van der Waals surface area contributed by atoms with Crippen LogP contribution >= 0.6 is 0 Å². The maximum atomic E-state index is 11.7. The van der Waals surface area contributed by atoms with E-state index < -0.39 is 17.8 Å². The molecule has 0 aliphatic rings. The molecule has 2 N–H and O–H groups in total. The van der Waals surface area contributed by atoms with Gasteiger partial charge in [-0.1, -0.05) is 25.1 Å². The molecule has 0 amide bonds. The molecular weight excluding hydrogens is 220 g/mol. The molecule has 2 rings (SSSR count). The first kappa shape index (κ1) is 11.8. The lowest BCUT2D eigenvalue weighted by Gasteiger charge is -2.14. The molecule has 0 spiro atoms. The summed E-state index contributed by atoms with van der Waals surface area (Å²) in [6, 6.07) is 8.55. The second-order valence-electron chi connectivity index (χ2n) is 3.94. The lowest BCUT2D eigenvalue weighted by molar-refractivity contribution is 0.00231. The number of aliphatic hydroxyl groups is 2. The molecule has 0 saturated heterocycles. The van der Waals surface area contributed by atoms with E-state index in [1.165, 1.54) is 0 Å². The number of hydrogen-bond donors (Lipinski definition) is 2. The summed E-state index contributed by atoms with van der Waals surface area (Å²) in [4.78, 5) is 11.7. The fourth-order valence-electron chi connectivity index (χ4n) is 1.71. The summed E-state index contributed by atoms with van der Waals surface area (Å²) in [5, 5.41) is 20.5. The zero-order valence-corrected chi connectivity index (χ0v) is 9.46. The van der Waals surface area contributed by atoms with E-state index in [2.05, 4.69) is 0 Å². The first-order valence-corrected chi connectivity index (χ1v) is 5.52. The Labute approximate surface area is 98.1 Å². The average Bonchev–Trinajstić information content (AvgIpc) is 2.37. The van der Waals surface area contributed by atoms with Crippen LogP contribution in [0.3, 0.4) is 0 Å². The predicted octanol–water partition coefficient (Wildman–Crippen LogP) is 1.60. The third-order valence-corrected chi connectivity index (χ3v) is 2.76. The fourth-order valence-corrected chi connectivity index (χ4v) is 1.71. The smallest absolute Gasteiger partial charge is 0.343 e. The second kappa shape index (κ2) is 4.69. The largest absolute Gasteiger partial charge is 0.425 e. The van der Waals surface area contributed by atoms with Crippen LogP contribution in [-0.2, 0) is 0 Å². The van der Waals surface area contributed by atoms with Crippen LogP contribution < -0.4 is 5.63 Å². The van der Waals surface area contributed by atoms with E-state index in [0.717, 1.165) is 0 Å². The highest BCUT2D eigenvalue weighted by Gasteiger charge is 2.20. The second-order valence-corrected chi connectivity index (χ2v) is 3.94. The van der Waals surface area contributed by atoms with Crippen LogP contribution in [0, 0.1) is 0 Å². The van der Waals surface area contributed by atoms with E-state index >= 15 is 0 Å². The molecular formula is C13H14O4. The monoisotopic (exact) mass is 234 g/mol. The van der Waals surface area contributed by atoms with Crippen LogP contribution in [-0.4, -0.2) is 16.3 Å². The summed E-state index contributed by atoms with van der Waals surface area (Å²) in [5.74, 6) is 0.100. The van der Waals surface area contributed by atoms with Gasteiger partial charge in [-0.15, -0.1) is 0 Å². The minimum absolute atomic E-state index is 0.100. The third kappa shape index (κ3) is 2.23. The van der Waals surface area contributed by atoms with Crippen LogP contribution in [0.2, 0.25) is 0 Å². The first-order chi connectivity index (χ1) is 8.13.